The molecule has 0 bridgehead atoms. The molecule has 1 aromatic carbocycles. The van der Waals surface area contributed by atoms with Crippen LogP contribution in [-0.2, 0) is 16.1 Å². The highest BCUT2D eigenvalue weighted by Crippen LogP contribution is 2.17. The lowest BCUT2D eigenvalue weighted by Crippen LogP contribution is -2.35. The molecule has 1 atom stereocenters. The molecule has 0 radical (unpaired) electrons. The number of hydrogen-bond acceptors (Lipinski definition) is 3. The van der Waals surface area contributed by atoms with Crippen LogP contribution in [0.2, 0.25) is 5.02 Å². The molecule has 0 N–H and O–H groups in total. The summed E-state index contributed by atoms with van der Waals surface area (Å²) in [5, 5.41) is 0.688. The van der Waals surface area contributed by atoms with Crippen molar-refractivity contribution >= 4 is 23.6 Å². The average molecular weight is 346 g/mol. The molecule has 3 rings (SSSR count). The summed E-state index contributed by atoms with van der Waals surface area (Å²) in [6, 6.07) is 11.2. The van der Waals surface area contributed by atoms with Crippen molar-refractivity contribution in [2.75, 3.05) is 13.2 Å². The van der Waals surface area contributed by atoms with Crippen LogP contribution in [0, 0.1) is 0 Å². The van der Waals surface area contributed by atoms with Crippen molar-refractivity contribution in [1.29, 1.82) is 0 Å². The summed E-state index contributed by atoms with van der Waals surface area (Å²) in [5.74, 6) is 0.601. The molecule has 2 heterocycles. The minimum absolute atomic E-state index is 0.0585. The Labute approximate surface area is 146 Å². The van der Waals surface area contributed by atoms with Gasteiger partial charge in [0.15, 0.2) is 0 Å². The summed E-state index contributed by atoms with van der Waals surface area (Å²) in [6.45, 7) is 1.89. The molecule has 126 valence electrons. The largest absolute Gasteiger partial charge is 0.465 e. The summed E-state index contributed by atoms with van der Waals surface area (Å²) in [4.78, 5) is 14.4. The Hall–Kier alpha value is -2.04. The number of rotatable bonds is 6. The zero-order valence-electron chi connectivity index (χ0n) is 13.4. The van der Waals surface area contributed by atoms with Crippen LogP contribution in [-0.4, -0.2) is 30.1 Å². The maximum Gasteiger partial charge on any atom is 0.247 e. The summed E-state index contributed by atoms with van der Waals surface area (Å²) in [6.07, 6.45) is 6.97. The van der Waals surface area contributed by atoms with Crippen LogP contribution >= 0.6 is 11.6 Å². The topological polar surface area (TPSA) is 42.7 Å². The second-order valence-corrected chi connectivity index (χ2v) is 6.27. The Morgan fingerprint density at radius 1 is 1.29 bits per heavy atom. The van der Waals surface area contributed by atoms with Gasteiger partial charge in [0.1, 0.15) is 5.76 Å². The third-order valence-electron chi connectivity index (χ3n) is 3.98. The number of amides is 1. The molecule has 24 heavy (non-hydrogen) atoms. The van der Waals surface area contributed by atoms with Gasteiger partial charge in [-0.1, -0.05) is 23.7 Å². The van der Waals surface area contributed by atoms with Gasteiger partial charge in [-0.05, 0) is 48.7 Å². The maximum atomic E-state index is 12.6. The molecular formula is C19H20ClNO3. The maximum absolute atomic E-state index is 12.6. The lowest BCUT2D eigenvalue weighted by Gasteiger charge is -2.24. The first-order valence-corrected chi connectivity index (χ1v) is 8.45. The number of halogens is 1. The molecule has 1 aromatic heterocycles. The molecule has 1 amide bonds. The fourth-order valence-electron chi connectivity index (χ4n) is 2.72. The lowest BCUT2D eigenvalue weighted by atomic mass is 10.1. The van der Waals surface area contributed by atoms with E-state index in [1.807, 2.05) is 30.3 Å². The number of hydrogen-bond donors (Lipinski definition) is 0. The van der Waals surface area contributed by atoms with E-state index in [-0.39, 0.29) is 12.0 Å². The van der Waals surface area contributed by atoms with E-state index in [4.69, 9.17) is 20.8 Å². The van der Waals surface area contributed by atoms with Crippen LogP contribution in [0.4, 0.5) is 0 Å². The number of furan rings is 1. The number of nitrogens with zero attached hydrogens (tertiary/aromatic N) is 1. The van der Waals surface area contributed by atoms with E-state index in [0.29, 0.717) is 23.9 Å². The number of benzene rings is 1. The predicted octanol–water partition coefficient (Wildman–Crippen LogP) is 4.15. The van der Waals surface area contributed by atoms with Crippen molar-refractivity contribution in [2.24, 2.45) is 0 Å². The van der Waals surface area contributed by atoms with Gasteiger partial charge in [0.2, 0.25) is 5.91 Å². The van der Waals surface area contributed by atoms with Gasteiger partial charge >= 0.3 is 0 Å². The Morgan fingerprint density at radius 3 is 2.79 bits per heavy atom. The Morgan fingerprint density at radius 2 is 2.12 bits per heavy atom. The average Bonchev–Trinajstić information content (AvgIpc) is 3.27. The van der Waals surface area contributed by atoms with E-state index < -0.39 is 0 Å². The van der Waals surface area contributed by atoms with E-state index in [2.05, 4.69) is 0 Å². The van der Waals surface area contributed by atoms with Crippen molar-refractivity contribution < 1.29 is 13.9 Å². The fraction of sp³-hybridized carbons (Fsp3) is 0.316. The van der Waals surface area contributed by atoms with E-state index in [1.54, 1.807) is 29.4 Å². The van der Waals surface area contributed by atoms with E-state index in [1.165, 1.54) is 0 Å². The molecule has 1 unspecified atom stereocenters. The minimum Gasteiger partial charge on any atom is -0.465 e. The molecule has 1 fully saturated rings. The van der Waals surface area contributed by atoms with Gasteiger partial charge in [-0.25, -0.2) is 0 Å². The molecule has 5 heteroatoms. The van der Waals surface area contributed by atoms with Gasteiger partial charge in [0.25, 0.3) is 0 Å². The van der Waals surface area contributed by atoms with Gasteiger partial charge in [-0.15, -0.1) is 0 Å². The second-order valence-electron chi connectivity index (χ2n) is 5.83. The van der Waals surface area contributed by atoms with Crippen LogP contribution in [0.25, 0.3) is 6.08 Å². The van der Waals surface area contributed by atoms with E-state index >= 15 is 0 Å². The number of ether oxygens (including phenoxy) is 1. The zero-order valence-corrected chi connectivity index (χ0v) is 14.1. The highest BCUT2D eigenvalue weighted by Gasteiger charge is 2.21. The summed E-state index contributed by atoms with van der Waals surface area (Å²) >= 11 is 5.93. The van der Waals surface area contributed by atoms with Crippen LogP contribution < -0.4 is 0 Å². The molecule has 1 aliphatic rings. The first-order valence-electron chi connectivity index (χ1n) is 8.07. The molecule has 0 spiro atoms. The van der Waals surface area contributed by atoms with Gasteiger partial charge in [0, 0.05) is 30.8 Å². The minimum atomic E-state index is -0.0585. The zero-order chi connectivity index (χ0) is 16.8. The predicted molar refractivity (Wildman–Crippen MR) is 93.6 cm³/mol. The third kappa shape index (κ3) is 4.73. The van der Waals surface area contributed by atoms with Crippen LogP contribution in [0.5, 0.6) is 0 Å². The highest BCUT2D eigenvalue weighted by molar-refractivity contribution is 6.30. The van der Waals surface area contributed by atoms with Crippen LogP contribution in [0.15, 0.2) is 53.2 Å². The standard InChI is InChI=1S/C19H20ClNO3/c20-16-7-5-15(6-8-16)13-21(14-18-4-2-12-24-18)19(22)10-9-17-3-1-11-23-17/h1,3,5-11,18H,2,4,12-14H2/b10-9+. The molecule has 0 aliphatic carbocycles. The quantitative estimate of drug-likeness (QED) is 0.738. The van der Waals surface area contributed by atoms with E-state index in [0.717, 1.165) is 25.0 Å². The Bertz CT molecular complexity index is 673. The monoisotopic (exact) mass is 345 g/mol. The van der Waals surface area contributed by atoms with Crippen molar-refractivity contribution in [3.8, 4) is 0 Å². The Kier molecular flexibility index (Phi) is 5.72. The van der Waals surface area contributed by atoms with Crippen LogP contribution in [0.1, 0.15) is 24.2 Å². The SMILES string of the molecule is O=C(/C=C/c1ccco1)N(Cc1ccc(Cl)cc1)CC1CCCO1. The van der Waals surface area contributed by atoms with Crippen LogP contribution in [0.3, 0.4) is 0 Å². The molecule has 1 saturated heterocycles. The normalized spacial score (nSPS) is 17.5. The van der Waals surface area contributed by atoms with Crippen molar-refractivity contribution in [2.45, 2.75) is 25.5 Å². The van der Waals surface area contributed by atoms with Crippen molar-refractivity contribution in [3.05, 3.63) is 65.1 Å². The van der Waals surface area contributed by atoms with Gasteiger partial charge in [0.05, 0.1) is 12.4 Å². The number of carbonyl (C=O) groups excluding carboxylic acids is 1. The Balaban J connectivity index is 1.70. The van der Waals surface area contributed by atoms with Gasteiger partial charge < -0.3 is 14.1 Å². The number of carbonyl (C=O) groups is 1. The molecule has 2 aromatic rings. The summed E-state index contributed by atoms with van der Waals surface area (Å²) < 4.78 is 10.9. The third-order valence-corrected chi connectivity index (χ3v) is 4.23. The van der Waals surface area contributed by atoms with Gasteiger partial charge in [-0.2, -0.15) is 0 Å². The molecule has 1 aliphatic heterocycles. The van der Waals surface area contributed by atoms with E-state index in [9.17, 15) is 4.79 Å². The first kappa shape index (κ1) is 16.8. The fourth-order valence-corrected chi connectivity index (χ4v) is 2.85. The molecule has 0 saturated carbocycles. The van der Waals surface area contributed by atoms with Crippen molar-refractivity contribution in [1.82, 2.24) is 4.90 Å². The van der Waals surface area contributed by atoms with Gasteiger partial charge in [-0.3, -0.25) is 4.79 Å². The lowest BCUT2D eigenvalue weighted by molar-refractivity contribution is -0.128. The highest BCUT2D eigenvalue weighted by atomic mass is 35.5. The van der Waals surface area contributed by atoms with Crippen molar-refractivity contribution in [3.63, 3.8) is 0 Å². The smallest absolute Gasteiger partial charge is 0.247 e. The summed E-state index contributed by atoms with van der Waals surface area (Å²) in [5.41, 5.74) is 1.04. The molecular weight excluding hydrogens is 326 g/mol. The first-order chi connectivity index (χ1) is 11.7. The molecule has 4 nitrogen and oxygen atoms in total. The second kappa shape index (κ2) is 8.18. The summed E-state index contributed by atoms with van der Waals surface area (Å²) in [7, 11) is 0.